The van der Waals surface area contributed by atoms with Crippen LogP contribution in [0.4, 0.5) is 4.39 Å². The smallest absolute Gasteiger partial charge is 0.123 e. The molecule has 1 rings (SSSR count). The lowest BCUT2D eigenvalue weighted by molar-refractivity contribution is 0.296. The Morgan fingerprint density at radius 1 is 1.38 bits per heavy atom. The monoisotopic (exact) mass is 200 g/mol. The third-order valence-electron chi connectivity index (χ3n) is 1.60. The minimum absolute atomic E-state index is 0.180. The number of benzene rings is 1. The Balaban J connectivity index is 2.28. The molecule has 72 valence electrons. The van der Waals surface area contributed by atoms with E-state index in [0.29, 0.717) is 0 Å². The van der Waals surface area contributed by atoms with Gasteiger partial charge in [0.25, 0.3) is 0 Å². The maximum absolute atomic E-state index is 12.7. The minimum Gasteiger partial charge on any atom is -0.396 e. The van der Waals surface area contributed by atoms with E-state index in [2.05, 4.69) is 0 Å². The van der Waals surface area contributed by atoms with Crippen LogP contribution in [-0.4, -0.2) is 17.5 Å². The van der Waals surface area contributed by atoms with Gasteiger partial charge in [0.1, 0.15) is 5.82 Å². The summed E-state index contributed by atoms with van der Waals surface area (Å²) in [5, 5.41) is 8.53. The molecule has 0 unspecified atom stereocenters. The fraction of sp³-hybridized carbons (Fsp3) is 0.400. The van der Waals surface area contributed by atoms with Crippen LogP contribution in [0.25, 0.3) is 0 Å². The minimum atomic E-state index is -0.180. The normalized spacial score (nSPS) is 10.3. The summed E-state index contributed by atoms with van der Waals surface area (Å²) in [6.07, 6.45) is 0.806. The van der Waals surface area contributed by atoms with E-state index in [1.54, 1.807) is 23.9 Å². The van der Waals surface area contributed by atoms with Crippen molar-refractivity contribution < 1.29 is 9.50 Å². The third kappa shape index (κ3) is 4.29. The highest BCUT2D eigenvalue weighted by Gasteiger charge is 1.95. The van der Waals surface area contributed by atoms with Crippen molar-refractivity contribution in [1.29, 1.82) is 0 Å². The highest BCUT2D eigenvalue weighted by atomic mass is 32.2. The zero-order chi connectivity index (χ0) is 9.52. The molecule has 13 heavy (non-hydrogen) atoms. The van der Waals surface area contributed by atoms with Crippen molar-refractivity contribution in [1.82, 2.24) is 0 Å². The fourth-order valence-corrected chi connectivity index (χ4v) is 1.88. The third-order valence-corrected chi connectivity index (χ3v) is 2.72. The van der Waals surface area contributed by atoms with Gasteiger partial charge in [0.2, 0.25) is 0 Å². The fourth-order valence-electron chi connectivity index (χ4n) is 0.983. The van der Waals surface area contributed by atoms with Gasteiger partial charge >= 0.3 is 0 Å². The molecule has 0 saturated heterocycles. The van der Waals surface area contributed by atoms with E-state index in [1.807, 2.05) is 6.07 Å². The van der Waals surface area contributed by atoms with E-state index >= 15 is 0 Å². The van der Waals surface area contributed by atoms with E-state index in [4.69, 9.17) is 5.11 Å². The molecule has 0 aliphatic carbocycles. The van der Waals surface area contributed by atoms with Crippen LogP contribution in [0.5, 0.6) is 0 Å². The Bertz CT molecular complexity index is 252. The van der Waals surface area contributed by atoms with Gasteiger partial charge in [0.05, 0.1) is 0 Å². The summed E-state index contributed by atoms with van der Waals surface area (Å²) in [5.41, 5.74) is 1.00. The van der Waals surface area contributed by atoms with E-state index in [9.17, 15) is 4.39 Å². The molecule has 1 aromatic carbocycles. The summed E-state index contributed by atoms with van der Waals surface area (Å²) >= 11 is 1.71. The second-order valence-electron chi connectivity index (χ2n) is 2.76. The van der Waals surface area contributed by atoms with Crippen molar-refractivity contribution in [3.8, 4) is 0 Å². The van der Waals surface area contributed by atoms with Gasteiger partial charge in [-0.05, 0) is 29.9 Å². The maximum atomic E-state index is 12.7. The Morgan fingerprint density at radius 3 is 2.92 bits per heavy atom. The van der Waals surface area contributed by atoms with Gasteiger partial charge in [0, 0.05) is 12.4 Å². The molecule has 0 radical (unpaired) electrons. The standard InChI is InChI=1S/C10H13FOS/c11-10-4-1-3-9(7-10)8-13-6-2-5-12/h1,3-4,7,12H,2,5-6,8H2. The number of halogens is 1. The van der Waals surface area contributed by atoms with Gasteiger partial charge in [-0.1, -0.05) is 12.1 Å². The molecule has 0 amide bonds. The summed E-state index contributed by atoms with van der Waals surface area (Å²) in [7, 11) is 0. The SMILES string of the molecule is OCCCSCc1cccc(F)c1. The van der Waals surface area contributed by atoms with Crippen molar-refractivity contribution in [3.63, 3.8) is 0 Å². The van der Waals surface area contributed by atoms with Gasteiger partial charge in [-0.25, -0.2) is 4.39 Å². The largest absolute Gasteiger partial charge is 0.396 e. The number of thioether (sulfide) groups is 1. The first-order chi connectivity index (χ1) is 6.33. The van der Waals surface area contributed by atoms with Crippen LogP contribution >= 0.6 is 11.8 Å². The van der Waals surface area contributed by atoms with E-state index in [-0.39, 0.29) is 12.4 Å². The molecular weight excluding hydrogens is 187 g/mol. The molecule has 0 saturated carbocycles. The maximum Gasteiger partial charge on any atom is 0.123 e. The quantitative estimate of drug-likeness (QED) is 0.737. The van der Waals surface area contributed by atoms with Crippen molar-refractivity contribution in [2.45, 2.75) is 12.2 Å². The second-order valence-corrected chi connectivity index (χ2v) is 3.86. The zero-order valence-electron chi connectivity index (χ0n) is 7.37. The number of aliphatic hydroxyl groups is 1. The zero-order valence-corrected chi connectivity index (χ0v) is 8.19. The van der Waals surface area contributed by atoms with Gasteiger partial charge < -0.3 is 5.11 Å². The Labute approximate surface area is 82.0 Å². The highest BCUT2D eigenvalue weighted by molar-refractivity contribution is 7.98. The topological polar surface area (TPSA) is 20.2 Å². The van der Waals surface area contributed by atoms with Crippen LogP contribution < -0.4 is 0 Å². The van der Waals surface area contributed by atoms with Crippen LogP contribution in [-0.2, 0) is 5.75 Å². The lowest BCUT2D eigenvalue weighted by Gasteiger charge is -2.00. The van der Waals surface area contributed by atoms with Crippen molar-refractivity contribution in [3.05, 3.63) is 35.6 Å². The molecule has 0 aliphatic heterocycles. The van der Waals surface area contributed by atoms with Crippen molar-refractivity contribution in [2.24, 2.45) is 0 Å². The predicted octanol–water partition coefficient (Wildman–Crippen LogP) is 2.44. The average molecular weight is 200 g/mol. The Kier molecular flexibility index (Phi) is 4.86. The van der Waals surface area contributed by atoms with Crippen LogP contribution in [0.3, 0.4) is 0 Å². The molecule has 1 aromatic rings. The molecule has 0 aromatic heterocycles. The van der Waals surface area contributed by atoms with Crippen molar-refractivity contribution >= 4 is 11.8 Å². The summed E-state index contributed by atoms with van der Waals surface area (Å²) in [4.78, 5) is 0. The Morgan fingerprint density at radius 2 is 2.23 bits per heavy atom. The Hall–Kier alpha value is -0.540. The molecule has 3 heteroatoms. The number of aliphatic hydroxyl groups excluding tert-OH is 1. The van der Waals surface area contributed by atoms with Crippen LogP contribution in [0.15, 0.2) is 24.3 Å². The lowest BCUT2D eigenvalue weighted by Crippen LogP contribution is -1.87. The first kappa shape index (κ1) is 10.5. The molecule has 0 aliphatic rings. The molecule has 0 heterocycles. The van der Waals surface area contributed by atoms with Gasteiger partial charge in [-0.15, -0.1) is 0 Å². The van der Waals surface area contributed by atoms with E-state index < -0.39 is 0 Å². The highest BCUT2D eigenvalue weighted by Crippen LogP contribution is 2.13. The lowest BCUT2D eigenvalue weighted by atomic mass is 10.2. The van der Waals surface area contributed by atoms with Gasteiger partial charge in [0.15, 0.2) is 0 Å². The van der Waals surface area contributed by atoms with Crippen LogP contribution in [0, 0.1) is 5.82 Å². The predicted molar refractivity (Wildman–Crippen MR) is 54.3 cm³/mol. The molecule has 1 N–H and O–H groups in total. The van der Waals surface area contributed by atoms with Gasteiger partial charge in [-0.2, -0.15) is 11.8 Å². The summed E-state index contributed by atoms with van der Waals surface area (Å²) in [5.74, 6) is 1.56. The molecule has 1 nitrogen and oxygen atoms in total. The summed E-state index contributed by atoms with van der Waals surface area (Å²) in [6, 6.07) is 6.63. The molecular formula is C10H13FOS. The van der Waals surface area contributed by atoms with E-state index in [0.717, 1.165) is 23.5 Å². The average Bonchev–Trinajstić information content (AvgIpc) is 2.13. The van der Waals surface area contributed by atoms with Gasteiger partial charge in [-0.3, -0.25) is 0 Å². The summed E-state index contributed by atoms with van der Waals surface area (Å²) < 4.78 is 12.7. The van der Waals surface area contributed by atoms with Crippen LogP contribution in [0.1, 0.15) is 12.0 Å². The first-order valence-corrected chi connectivity index (χ1v) is 5.41. The molecule has 0 atom stereocenters. The molecule has 0 spiro atoms. The summed E-state index contributed by atoms with van der Waals surface area (Å²) in [6.45, 7) is 0.232. The first-order valence-electron chi connectivity index (χ1n) is 4.26. The molecule has 0 fully saturated rings. The van der Waals surface area contributed by atoms with Crippen molar-refractivity contribution in [2.75, 3.05) is 12.4 Å². The number of hydrogen-bond acceptors (Lipinski definition) is 2. The van der Waals surface area contributed by atoms with Crippen LogP contribution in [0.2, 0.25) is 0 Å². The van der Waals surface area contributed by atoms with E-state index in [1.165, 1.54) is 6.07 Å². The number of hydrogen-bond donors (Lipinski definition) is 1. The second kappa shape index (κ2) is 6.00. The number of rotatable bonds is 5. The molecule has 0 bridgehead atoms.